The Morgan fingerprint density at radius 3 is 2.71 bits per heavy atom. The third-order valence-corrected chi connectivity index (χ3v) is 3.04. The van der Waals surface area contributed by atoms with Crippen LogP contribution in [-0.2, 0) is 0 Å². The van der Waals surface area contributed by atoms with Crippen LogP contribution in [0, 0.1) is 5.21 Å². The number of likely N-dealkylation sites (tertiary alicyclic amines) is 1. The van der Waals surface area contributed by atoms with Crippen LogP contribution >= 0.6 is 0 Å². The molecule has 0 spiro atoms. The number of nitrogens with zero attached hydrogens (tertiary/aromatic N) is 2. The van der Waals surface area contributed by atoms with E-state index in [1.54, 1.807) is 12.1 Å². The summed E-state index contributed by atoms with van der Waals surface area (Å²) < 4.78 is 5.80. The Hall–Kier alpha value is -1.30. The first-order valence-electron chi connectivity index (χ1n) is 5.84. The van der Waals surface area contributed by atoms with Crippen LogP contribution in [0.1, 0.15) is 13.3 Å². The zero-order valence-electron chi connectivity index (χ0n) is 9.87. The van der Waals surface area contributed by atoms with E-state index in [1.165, 1.54) is 12.1 Å². The van der Waals surface area contributed by atoms with E-state index in [4.69, 9.17) is 9.94 Å². The van der Waals surface area contributed by atoms with Crippen molar-refractivity contribution >= 4 is 5.69 Å². The lowest BCUT2D eigenvalue weighted by molar-refractivity contribution is 0.202. The molecule has 0 radical (unpaired) electrons. The minimum absolute atomic E-state index is 0.155. The summed E-state index contributed by atoms with van der Waals surface area (Å²) in [7, 11) is 0. The van der Waals surface area contributed by atoms with Gasteiger partial charge in [0.15, 0.2) is 0 Å². The maximum atomic E-state index is 10.6. The second-order valence-corrected chi connectivity index (χ2v) is 4.19. The molecule has 0 aromatic heterocycles. The molecule has 17 heavy (non-hydrogen) atoms. The number of likely N-dealkylation sites (N-methyl/N-ethyl adjacent to an activating group) is 1. The third kappa shape index (κ3) is 3.09. The Bertz CT molecular complexity index is 353. The Morgan fingerprint density at radius 1 is 1.47 bits per heavy atom. The Balaban J connectivity index is 1.91. The summed E-state index contributed by atoms with van der Waals surface area (Å²) in [5.41, 5.74) is 0.207. The maximum Gasteiger partial charge on any atom is 0.119 e. The molecule has 0 aliphatic carbocycles. The average molecular weight is 237 g/mol. The van der Waals surface area contributed by atoms with Gasteiger partial charge in [0.25, 0.3) is 0 Å². The molecule has 1 aromatic rings. The van der Waals surface area contributed by atoms with Crippen molar-refractivity contribution in [2.24, 2.45) is 0 Å². The third-order valence-electron chi connectivity index (χ3n) is 3.04. The van der Waals surface area contributed by atoms with Gasteiger partial charge in [0, 0.05) is 13.1 Å². The molecule has 1 aliphatic rings. The van der Waals surface area contributed by atoms with Crippen LogP contribution in [0.25, 0.3) is 0 Å². The molecule has 1 aromatic carbocycles. The highest BCUT2D eigenvalue weighted by atomic mass is 16.8. The van der Waals surface area contributed by atoms with Gasteiger partial charge in [-0.3, -0.25) is 10.1 Å². The molecule has 2 rings (SSSR count). The van der Waals surface area contributed by atoms with E-state index in [0.717, 1.165) is 31.8 Å². The zero-order chi connectivity index (χ0) is 12.3. The van der Waals surface area contributed by atoms with E-state index >= 15 is 0 Å². The van der Waals surface area contributed by atoms with Crippen molar-refractivity contribution in [3.8, 4) is 5.75 Å². The van der Waals surface area contributed by atoms with Crippen LogP contribution in [0.5, 0.6) is 5.75 Å². The van der Waals surface area contributed by atoms with Crippen LogP contribution in [0.15, 0.2) is 24.3 Å². The second-order valence-electron chi connectivity index (χ2n) is 4.19. The van der Waals surface area contributed by atoms with E-state index in [0.29, 0.717) is 0 Å². The first-order valence-corrected chi connectivity index (χ1v) is 5.84. The highest BCUT2D eigenvalue weighted by Gasteiger charge is 2.22. The number of anilines is 1. The summed E-state index contributed by atoms with van der Waals surface area (Å²) in [6, 6.07) is 6.47. The topological polar surface area (TPSA) is 59.0 Å². The van der Waals surface area contributed by atoms with Crippen molar-refractivity contribution in [3.05, 3.63) is 29.5 Å². The molecule has 5 nitrogen and oxygen atoms in total. The largest absolute Gasteiger partial charge is 0.733 e. The van der Waals surface area contributed by atoms with E-state index < -0.39 is 0 Å². The minimum atomic E-state index is -0.155. The smallest absolute Gasteiger partial charge is 0.119 e. The van der Waals surface area contributed by atoms with E-state index in [9.17, 15) is 5.21 Å². The van der Waals surface area contributed by atoms with Crippen molar-refractivity contribution < 1.29 is 9.94 Å². The highest BCUT2D eigenvalue weighted by Crippen LogP contribution is 2.21. The van der Waals surface area contributed by atoms with Gasteiger partial charge in [-0.25, -0.2) is 0 Å². The molecule has 1 fully saturated rings. The van der Waals surface area contributed by atoms with Gasteiger partial charge in [-0.1, -0.05) is 6.92 Å². The summed E-state index contributed by atoms with van der Waals surface area (Å²) in [6.45, 7) is 5.21. The second kappa shape index (κ2) is 5.35. The molecular formula is C12H17N2O3-. The molecule has 0 saturated carbocycles. The van der Waals surface area contributed by atoms with Crippen molar-refractivity contribution in [2.45, 2.75) is 19.4 Å². The van der Waals surface area contributed by atoms with E-state index in [1.807, 2.05) is 0 Å². The van der Waals surface area contributed by atoms with Crippen molar-refractivity contribution in [3.63, 3.8) is 0 Å². The lowest BCUT2D eigenvalue weighted by Crippen LogP contribution is -2.24. The number of rotatable bonds is 4. The van der Waals surface area contributed by atoms with E-state index in [-0.39, 0.29) is 17.0 Å². The standard InChI is InChI=1S/C12H17N2O3/c1-2-13-8-7-12(9-13)17-11-5-3-10(4-6-11)14(15)16/h3-6,12,15H,2,7-9H2,1H3/q-1. The molecule has 1 N–H and O–H groups in total. The number of benzene rings is 1. The van der Waals surface area contributed by atoms with Crippen LogP contribution in [0.2, 0.25) is 0 Å². The summed E-state index contributed by atoms with van der Waals surface area (Å²) in [5.74, 6) is 0.735. The lowest BCUT2D eigenvalue weighted by atomic mass is 10.3. The monoisotopic (exact) mass is 237 g/mol. The predicted molar refractivity (Wildman–Crippen MR) is 65.2 cm³/mol. The number of ether oxygens (including phenoxy) is 1. The van der Waals surface area contributed by atoms with Crippen LogP contribution in [-0.4, -0.2) is 35.8 Å². The van der Waals surface area contributed by atoms with E-state index in [2.05, 4.69) is 11.8 Å². The fourth-order valence-electron chi connectivity index (χ4n) is 2.03. The van der Waals surface area contributed by atoms with Crippen molar-refractivity contribution in [1.82, 2.24) is 4.90 Å². The molecule has 1 unspecified atom stereocenters. The molecule has 94 valence electrons. The fourth-order valence-corrected chi connectivity index (χ4v) is 2.03. The first kappa shape index (κ1) is 12.2. The lowest BCUT2D eigenvalue weighted by Gasteiger charge is -2.22. The van der Waals surface area contributed by atoms with Gasteiger partial charge >= 0.3 is 0 Å². The molecule has 0 bridgehead atoms. The van der Waals surface area contributed by atoms with Gasteiger partial charge in [0.1, 0.15) is 11.9 Å². The number of hydrogen-bond donors (Lipinski definition) is 1. The summed E-state index contributed by atoms with van der Waals surface area (Å²) in [5, 5.41) is 19.1. The molecule has 0 amide bonds. The molecule has 1 atom stereocenters. The number of hydrogen-bond acceptors (Lipinski definition) is 5. The van der Waals surface area contributed by atoms with Crippen molar-refractivity contribution in [1.29, 1.82) is 0 Å². The van der Waals surface area contributed by atoms with Crippen molar-refractivity contribution in [2.75, 3.05) is 24.9 Å². The molecule has 5 heteroatoms. The SMILES string of the molecule is CCN1CCC(Oc2ccc(N([O-])O)cc2)C1. The normalized spacial score (nSPS) is 20.5. The summed E-state index contributed by atoms with van der Waals surface area (Å²) >= 11 is 0. The first-order chi connectivity index (χ1) is 8.19. The maximum absolute atomic E-state index is 10.6. The van der Waals surface area contributed by atoms with Gasteiger partial charge in [-0.05, 0) is 37.2 Å². The van der Waals surface area contributed by atoms with Crippen LogP contribution in [0.3, 0.4) is 0 Å². The fraction of sp³-hybridized carbons (Fsp3) is 0.500. The van der Waals surface area contributed by atoms with Crippen LogP contribution < -0.4 is 9.96 Å². The zero-order valence-corrected chi connectivity index (χ0v) is 9.87. The Labute approximate surface area is 101 Å². The predicted octanol–water partition coefficient (Wildman–Crippen LogP) is 1.85. The highest BCUT2D eigenvalue weighted by molar-refractivity contribution is 5.47. The summed E-state index contributed by atoms with van der Waals surface area (Å²) in [6.07, 6.45) is 1.25. The molecule has 1 heterocycles. The molecule has 1 aliphatic heterocycles. The van der Waals surface area contributed by atoms with Crippen LogP contribution in [0.4, 0.5) is 5.69 Å². The van der Waals surface area contributed by atoms with Gasteiger partial charge in [0.05, 0.1) is 5.69 Å². The Kier molecular flexibility index (Phi) is 3.83. The quantitative estimate of drug-likeness (QED) is 0.810. The summed E-state index contributed by atoms with van der Waals surface area (Å²) in [4.78, 5) is 2.34. The molecular weight excluding hydrogens is 220 g/mol. The minimum Gasteiger partial charge on any atom is -0.733 e. The molecule has 1 saturated heterocycles. The van der Waals surface area contributed by atoms with Gasteiger partial charge in [-0.15, -0.1) is 0 Å². The van der Waals surface area contributed by atoms with Gasteiger partial charge < -0.3 is 15.2 Å². The Morgan fingerprint density at radius 2 is 2.18 bits per heavy atom. The average Bonchev–Trinajstić information content (AvgIpc) is 2.77. The van der Waals surface area contributed by atoms with Gasteiger partial charge in [-0.2, -0.15) is 0 Å². The van der Waals surface area contributed by atoms with Gasteiger partial charge in [0.2, 0.25) is 0 Å².